The smallest absolute Gasteiger partial charge is 0.227 e. The van der Waals surface area contributed by atoms with E-state index in [-0.39, 0.29) is 17.6 Å². The van der Waals surface area contributed by atoms with Crippen LogP contribution in [0.4, 0.5) is 5.69 Å². The molecular formula is C21H24Cl2N2O3S. The molecule has 1 aliphatic rings. The van der Waals surface area contributed by atoms with Gasteiger partial charge in [-0.3, -0.25) is 4.79 Å². The molecule has 2 aromatic carbocycles. The number of amides is 1. The highest BCUT2D eigenvalue weighted by atomic mass is 35.5. The van der Waals surface area contributed by atoms with Crippen LogP contribution >= 0.6 is 23.2 Å². The second-order valence-electron chi connectivity index (χ2n) is 7.19. The molecule has 0 bridgehead atoms. The van der Waals surface area contributed by atoms with Gasteiger partial charge in [-0.2, -0.15) is 0 Å². The number of piperidine rings is 1. The molecule has 8 heteroatoms. The van der Waals surface area contributed by atoms with Crippen LogP contribution in [0, 0.1) is 5.92 Å². The third kappa shape index (κ3) is 6.19. The van der Waals surface area contributed by atoms with E-state index in [0.717, 1.165) is 12.0 Å². The van der Waals surface area contributed by atoms with E-state index < -0.39 is 10.0 Å². The normalized spacial score (nSPS) is 15.9. The lowest BCUT2D eigenvalue weighted by molar-refractivity contribution is -0.120. The number of nitrogens with zero attached hydrogens (tertiary/aromatic N) is 1. The first-order chi connectivity index (χ1) is 13.8. The fourth-order valence-corrected chi connectivity index (χ4v) is 5.33. The maximum absolute atomic E-state index is 12.6. The van der Waals surface area contributed by atoms with Crippen LogP contribution in [0.5, 0.6) is 0 Å². The lowest BCUT2D eigenvalue weighted by Crippen LogP contribution is -2.42. The molecule has 5 nitrogen and oxygen atoms in total. The Hall–Kier alpha value is -1.60. The molecule has 0 spiro atoms. The van der Waals surface area contributed by atoms with Crippen LogP contribution in [0.2, 0.25) is 10.0 Å². The zero-order valence-corrected chi connectivity index (χ0v) is 18.3. The summed E-state index contributed by atoms with van der Waals surface area (Å²) in [7, 11) is -3.31. The van der Waals surface area contributed by atoms with Crippen LogP contribution in [0.15, 0.2) is 48.5 Å². The van der Waals surface area contributed by atoms with Crippen molar-refractivity contribution in [2.45, 2.75) is 25.7 Å². The summed E-state index contributed by atoms with van der Waals surface area (Å²) >= 11 is 12.0. The monoisotopic (exact) mass is 454 g/mol. The third-order valence-corrected chi connectivity index (χ3v) is 7.64. The number of anilines is 1. The van der Waals surface area contributed by atoms with Gasteiger partial charge in [0.15, 0.2) is 0 Å². The van der Waals surface area contributed by atoms with E-state index in [1.165, 1.54) is 4.31 Å². The van der Waals surface area contributed by atoms with Crippen molar-refractivity contribution in [3.63, 3.8) is 0 Å². The Morgan fingerprint density at radius 1 is 1.07 bits per heavy atom. The fourth-order valence-electron chi connectivity index (χ4n) is 3.46. The highest BCUT2D eigenvalue weighted by molar-refractivity contribution is 7.89. The first kappa shape index (κ1) is 22.1. The molecule has 0 unspecified atom stereocenters. The molecule has 0 aliphatic carbocycles. The van der Waals surface area contributed by atoms with Gasteiger partial charge in [0.2, 0.25) is 15.9 Å². The molecule has 29 heavy (non-hydrogen) atoms. The number of benzene rings is 2. The number of hydrogen-bond acceptors (Lipinski definition) is 3. The summed E-state index contributed by atoms with van der Waals surface area (Å²) in [6, 6.07) is 14.7. The van der Waals surface area contributed by atoms with Gasteiger partial charge in [-0.1, -0.05) is 53.5 Å². The number of carbonyl (C=O) groups is 1. The van der Waals surface area contributed by atoms with Crippen molar-refractivity contribution in [3.8, 4) is 0 Å². The van der Waals surface area contributed by atoms with Gasteiger partial charge in [0.05, 0.1) is 16.5 Å². The maximum atomic E-state index is 12.6. The Morgan fingerprint density at radius 2 is 1.76 bits per heavy atom. The summed E-state index contributed by atoms with van der Waals surface area (Å²) in [5.74, 6) is -0.284. The van der Waals surface area contributed by atoms with Gasteiger partial charge in [0.1, 0.15) is 0 Å². The molecule has 1 saturated heterocycles. The summed E-state index contributed by atoms with van der Waals surface area (Å²) in [6.45, 7) is 0.712. The summed E-state index contributed by atoms with van der Waals surface area (Å²) in [5, 5.41) is 3.71. The Bertz CT molecular complexity index is 944. The SMILES string of the molecule is O=C(Nc1cc(Cl)ccc1Cl)C1CCN(S(=O)(=O)CCCc2ccccc2)CC1. The zero-order chi connectivity index (χ0) is 20.9. The van der Waals surface area contributed by atoms with E-state index in [2.05, 4.69) is 5.32 Å². The predicted octanol–water partition coefficient (Wildman–Crippen LogP) is 4.61. The van der Waals surface area contributed by atoms with Gasteiger partial charge in [0.25, 0.3) is 0 Å². The predicted molar refractivity (Wildman–Crippen MR) is 118 cm³/mol. The molecule has 1 fully saturated rings. The highest BCUT2D eigenvalue weighted by Crippen LogP contribution is 2.28. The number of nitrogens with one attached hydrogen (secondary N) is 1. The van der Waals surface area contributed by atoms with Crippen LogP contribution in [-0.2, 0) is 21.2 Å². The molecule has 3 rings (SSSR count). The molecular weight excluding hydrogens is 431 g/mol. The number of carbonyl (C=O) groups excluding carboxylic acids is 1. The summed E-state index contributed by atoms with van der Waals surface area (Å²) in [5.41, 5.74) is 1.61. The third-order valence-electron chi connectivity index (χ3n) is 5.11. The lowest BCUT2D eigenvalue weighted by atomic mass is 9.97. The zero-order valence-electron chi connectivity index (χ0n) is 16.0. The van der Waals surface area contributed by atoms with Crippen molar-refractivity contribution >= 4 is 44.8 Å². The minimum absolute atomic E-state index is 0.122. The molecule has 156 valence electrons. The maximum Gasteiger partial charge on any atom is 0.227 e. The van der Waals surface area contributed by atoms with Crippen molar-refractivity contribution in [1.29, 1.82) is 0 Å². The molecule has 1 heterocycles. The van der Waals surface area contributed by atoms with E-state index in [4.69, 9.17) is 23.2 Å². The topological polar surface area (TPSA) is 66.5 Å². The van der Waals surface area contributed by atoms with E-state index in [1.807, 2.05) is 30.3 Å². The van der Waals surface area contributed by atoms with Gasteiger partial charge >= 0.3 is 0 Å². The average molecular weight is 455 g/mol. The minimum Gasteiger partial charge on any atom is -0.324 e. The second kappa shape index (κ2) is 9.94. The van der Waals surface area contributed by atoms with Crippen molar-refractivity contribution in [1.82, 2.24) is 4.31 Å². The van der Waals surface area contributed by atoms with Gasteiger partial charge in [-0.15, -0.1) is 0 Å². The summed E-state index contributed by atoms with van der Waals surface area (Å²) < 4.78 is 26.7. The van der Waals surface area contributed by atoms with Gasteiger partial charge < -0.3 is 5.32 Å². The van der Waals surface area contributed by atoms with E-state index in [9.17, 15) is 13.2 Å². The molecule has 0 radical (unpaired) electrons. The van der Waals surface area contributed by atoms with Gasteiger partial charge in [-0.25, -0.2) is 12.7 Å². The average Bonchev–Trinajstić information content (AvgIpc) is 2.71. The first-order valence-electron chi connectivity index (χ1n) is 9.63. The van der Waals surface area contributed by atoms with Crippen LogP contribution < -0.4 is 5.32 Å². The second-order valence-corrected chi connectivity index (χ2v) is 10.1. The minimum atomic E-state index is -3.31. The molecule has 1 aliphatic heterocycles. The molecule has 1 amide bonds. The summed E-state index contributed by atoms with van der Waals surface area (Å²) in [4.78, 5) is 12.5. The number of rotatable bonds is 7. The van der Waals surface area contributed by atoms with Gasteiger partial charge in [0, 0.05) is 24.0 Å². The number of aryl methyl sites for hydroxylation is 1. The lowest BCUT2D eigenvalue weighted by Gasteiger charge is -2.30. The first-order valence-corrected chi connectivity index (χ1v) is 12.0. The van der Waals surface area contributed by atoms with Crippen molar-refractivity contribution in [2.24, 2.45) is 5.92 Å². The number of sulfonamides is 1. The summed E-state index contributed by atoms with van der Waals surface area (Å²) in [6.07, 6.45) is 2.29. The Balaban J connectivity index is 1.48. The quantitative estimate of drug-likeness (QED) is 0.663. The fraction of sp³-hybridized carbons (Fsp3) is 0.381. The van der Waals surface area contributed by atoms with Crippen LogP contribution in [0.1, 0.15) is 24.8 Å². The molecule has 0 saturated carbocycles. The molecule has 1 N–H and O–H groups in total. The van der Waals surface area contributed by atoms with Gasteiger partial charge in [-0.05, 0) is 49.4 Å². The molecule has 0 aromatic heterocycles. The Labute approximate surface area is 182 Å². The molecule has 2 aromatic rings. The largest absolute Gasteiger partial charge is 0.324 e. The van der Waals surface area contributed by atoms with Crippen LogP contribution in [0.25, 0.3) is 0 Å². The van der Waals surface area contributed by atoms with E-state index in [0.29, 0.717) is 48.1 Å². The van der Waals surface area contributed by atoms with Crippen LogP contribution in [0.3, 0.4) is 0 Å². The number of hydrogen-bond donors (Lipinski definition) is 1. The van der Waals surface area contributed by atoms with Crippen molar-refractivity contribution < 1.29 is 13.2 Å². The number of halogens is 2. The van der Waals surface area contributed by atoms with E-state index in [1.54, 1.807) is 18.2 Å². The van der Waals surface area contributed by atoms with Crippen molar-refractivity contribution in [2.75, 3.05) is 24.2 Å². The van der Waals surface area contributed by atoms with E-state index >= 15 is 0 Å². The Kier molecular flexibility index (Phi) is 7.57. The standard InChI is InChI=1S/C21H24Cl2N2O3S/c22-18-8-9-19(23)20(15-18)24-21(26)17-10-12-25(13-11-17)29(27,28)14-4-7-16-5-2-1-3-6-16/h1-3,5-6,8-9,15,17H,4,7,10-14H2,(H,24,26). The van der Waals surface area contributed by atoms with Crippen LogP contribution in [-0.4, -0.2) is 37.5 Å². The molecule has 0 atom stereocenters. The Morgan fingerprint density at radius 3 is 2.45 bits per heavy atom. The van der Waals surface area contributed by atoms with Crippen molar-refractivity contribution in [3.05, 3.63) is 64.1 Å². The highest BCUT2D eigenvalue weighted by Gasteiger charge is 2.31.